The molecule has 0 bridgehead atoms. The van der Waals surface area contributed by atoms with E-state index in [4.69, 9.17) is 0 Å². The maximum Gasteiger partial charge on any atom is 0.163 e. The lowest BCUT2D eigenvalue weighted by atomic mass is 9.85. The van der Waals surface area contributed by atoms with Gasteiger partial charge in [-0.1, -0.05) is 49.4 Å². The molecule has 0 saturated heterocycles. The van der Waals surface area contributed by atoms with Gasteiger partial charge in [-0.05, 0) is 25.1 Å². The van der Waals surface area contributed by atoms with E-state index in [1.165, 1.54) is 0 Å². The van der Waals surface area contributed by atoms with Crippen molar-refractivity contribution in [3.63, 3.8) is 0 Å². The average molecular weight is 275 g/mol. The number of likely N-dealkylation sites (N-methyl/N-ethyl adjacent to an activating group) is 1. The van der Waals surface area contributed by atoms with Gasteiger partial charge in [-0.3, -0.25) is 0 Å². The zero-order chi connectivity index (χ0) is 14.5. The van der Waals surface area contributed by atoms with E-state index < -0.39 is 11.6 Å². The molecule has 0 aliphatic carbocycles. The molecule has 0 fully saturated rings. The first-order valence-electron chi connectivity index (χ1n) is 6.85. The van der Waals surface area contributed by atoms with E-state index >= 15 is 0 Å². The Morgan fingerprint density at radius 2 is 1.70 bits per heavy atom. The van der Waals surface area contributed by atoms with Crippen LogP contribution in [0.1, 0.15) is 36.4 Å². The van der Waals surface area contributed by atoms with Crippen molar-refractivity contribution in [2.24, 2.45) is 0 Å². The number of hydrogen-bond donors (Lipinski definition) is 1. The lowest BCUT2D eigenvalue weighted by Crippen LogP contribution is -2.25. The monoisotopic (exact) mass is 275 g/mol. The first-order valence-corrected chi connectivity index (χ1v) is 6.85. The van der Waals surface area contributed by atoms with Crippen LogP contribution in [0.25, 0.3) is 0 Å². The standard InChI is InChI=1S/C17H19F2N/c1-3-13(12-8-5-4-6-9-12)17(20-2)14-10-7-11-15(18)16(14)19/h4-11,13,17,20H,3H2,1-2H3. The van der Waals surface area contributed by atoms with E-state index in [-0.39, 0.29) is 12.0 Å². The molecule has 0 radical (unpaired) electrons. The smallest absolute Gasteiger partial charge is 0.163 e. The van der Waals surface area contributed by atoms with Gasteiger partial charge in [0.1, 0.15) is 0 Å². The molecule has 3 heteroatoms. The van der Waals surface area contributed by atoms with Crippen LogP contribution in [0.15, 0.2) is 48.5 Å². The van der Waals surface area contributed by atoms with Crippen LogP contribution in [-0.2, 0) is 0 Å². The Morgan fingerprint density at radius 3 is 2.30 bits per heavy atom. The molecule has 0 aromatic heterocycles. The fourth-order valence-corrected chi connectivity index (χ4v) is 2.70. The molecule has 2 aromatic carbocycles. The zero-order valence-electron chi connectivity index (χ0n) is 11.7. The number of hydrogen-bond acceptors (Lipinski definition) is 1. The minimum Gasteiger partial charge on any atom is -0.312 e. The fourth-order valence-electron chi connectivity index (χ4n) is 2.70. The summed E-state index contributed by atoms with van der Waals surface area (Å²) < 4.78 is 27.5. The van der Waals surface area contributed by atoms with E-state index in [0.29, 0.717) is 5.56 Å². The Kier molecular flexibility index (Phi) is 4.85. The number of nitrogens with one attached hydrogen (secondary N) is 1. The predicted octanol–water partition coefficient (Wildman–Crippen LogP) is 4.42. The summed E-state index contributed by atoms with van der Waals surface area (Å²) in [4.78, 5) is 0. The van der Waals surface area contributed by atoms with Crippen molar-refractivity contribution in [1.82, 2.24) is 5.32 Å². The first kappa shape index (κ1) is 14.7. The number of benzene rings is 2. The summed E-state index contributed by atoms with van der Waals surface area (Å²) >= 11 is 0. The molecule has 1 N–H and O–H groups in total. The number of rotatable bonds is 5. The van der Waals surface area contributed by atoms with E-state index in [0.717, 1.165) is 18.1 Å². The van der Waals surface area contributed by atoms with E-state index in [1.807, 2.05) is 30.3 Å². The molecule has 2 unspecified atom stereocenters. The first-order chi connectivity index (χ1) is 9.69. The Labute approximate surface area is 118 Å². The largest absolute Gasteiger partial charge is 0.312 e. The molecule has 0 spiro atoms. The van der Waals surface area contributed by atoms with Gasteiger partial charge in [0.15, 0.2) is 11.6 Å². The lowest BCUT2D eigenvalue weighted by molar-refractivity contribution is 0.428. The summed E-state index contributed by atoms with van der Waals surface area (Å²) in [6, 6.07) is 14.0. The van der Waals surface area contributed by atoms with Crippen LogP contribution in [0, 0.1) is 11.6 Å². The molecule has 0 saturated carbocycles. The van der Waals surface area contributed by atoms with Crippen LogP contribution in [0.2, 0.25) is 0 Å². The summed E-state index contributed by atoms with van der Waals surface area (Å²) in [5, 5.41) is 3.13. The topological polar surface area (TPSA) is 12.0 Å². The van der Waals surface area contributed by atoms with E-state index in [9.17, 15) is 8.78 Å². The Hall–Kier alpha value is -1.74. The highest BCUT2D eigenvalue weighted by molar-refractivity contribution is 5.29. The van der Waals surface area contributed by atoms with Gasteiger partial charge in [-0.2, -0.15) is 0 Å². The zero-order valence-corrected chi connectivity index (χ0v) is 11.7. The van der Waals surface area contributed by atoms with Gasteiger partial charge in [0.2, 0.25) is 0 Å². The molecule has 0 aliphatic heterocycles. The minimum absolute atomic E-state index is 0.0949. The van der Waals surface area contributed by atoms with Gasteiger partial charge >= 0.3 is 0 Å². The summed E-state index contributed by atoms with van der Waals surface area (Å²) in [7, 11) is 1.78. The fraction of sp³-hybridized carbons (Fsp3) is 0.294. The van der Waals surface area contributed by atoms with Crippen molar-refractivity contribution in [3.8, 4) is 0 Å². The van der Waals surface area contributed by atoms with Crippen molar-refractivity contribution >= 4 is 0 Å². The molecule has 2 atom stereocenters. The third kappa shape index (κ3) is 2.88. The van der Waals surface area contributed by atoms with Crippen molar-refractivity contribution in [2.45, 2.75) is 25.3 Å². The van der Waals surface area contributed by atoms with Gasteiger partial charge < -0.3 is 5.32 Å². The maximum absolute atomic E-state index is 14.0. The average Bonchev–Trinajstić information content (AvgIpc) is 2.49. The minimum atomic E-state index is -0.800. The predicted molar refractivity (Wildman–Crippen MR) is 77.6 cm³/mol. The molecule has 106 valence electrons. The van der Waals surface area contributed by atoms with Crippen molar-refractivity contribution in [3.05, 3.63) is 71.3 Å². The quantitative estimate of drug-likeness (QED) is 0.851. The molecule has 20 heavy (non-hydrogen) atoms. The van der Waals surface area contributed by atoms with Crippen LogP contribution in [0.4, 0.5) is 8.78 Å². The normalized spacial score (nSPS) is 14.0. The summed E-state index contributed by atoms with van der Waals surface area (Å²) in [5.41, 5.74) is 1.50. The Balaban J connectivity index is 2.42. The molecule has 1 nitrogen and oxygen atoms in total. The second kappa shape index (κ2) is 6.62. The molecular weight excluding hydrogens is 256 g/mol. The lowest BCUT2D eigenvalue weighted by Gasteiger charge is -2.27. The molecule has 0 aliphatic rings. The van der Waals surface area contributed by atoms with Gasteiger partial charge in [-0.25, -0.2) is 8.78 Å². The summed E-state index contributed by atoms with van der Waals surface area (Å²) in [5.74, 6) is -1.47. The second-order valence-electron chi connectivity index (χ2n) is 4.83. The highest BCUT2D eigenvalue weighted by Gasteiger charge is 2.25. The summed E-state index contributed by atoms with van der Waals surface area (Å²) in [6.07, 6.45) is 0.839. The van der Waals surface area contributed by atoms with Crippen LogP contribution >= 0.6 is 0 Å². The van der Waals surface area contributed by atoms with Crippen molar-refractivity contribution in [1.29, 1.82) is 0 Å². The third-order valence-electron chi connectivity index (χ3n) is 3.70. The third-order valence-corrected chi connectivity index (χ3v) is 3.70. The van der Waals surface area contributed by atoms with Crippen molar-refractivity contribution in [2.75, 3.05) is 7.05 Å². The number of halogens is 2. The van der Waals surface area contributed by atoms with E-state index in [2.05, 4.69) is 12.2 Å². The maximum atomic E-state index is 14.0. The van der Waals surface area contributed by atoms with Crippen molar-refractivity contribution < 1.29 is 8.78 Å². The van der Waals surface area contributed by atoms with Gasteiger partial charge in [-0.15, -0.1) is 0 Å². The second-order valence-corrected chi connectivity index (χ2v) is 4.83. The molecule has 0 heterocycles. The molecule has 2 rings (SSSR count). The van der Waals surface area contributed by atoms with Crippen LogP contribution < -0.4 is 5.32 Å². The molecular formula is C17H19F2N. The Bertz CT molecular complexity index is 554. The van der Waals surface area contributed by atoms with Crippen LogP contribution in [-0.4, -0.2) is 7.05 Å². The van der Waals surface area contributed by atoms with E-state index in [1.54, 1.807) is 19.2 Å². The Morgan fingerprint density at radius 1 is 1.00 bits per heavy atom. The van der Waals surface area contributed by atoms with Crippen LogP contribution in [0.5, 0.6) is 0 Å². The molecule has 2 aromatic rings. The highest BCUT2D eigenvalue weighted by atomic mass is 19.2. The SMILES string of the molecule is CCC(c1ccccc1)C(NC)c1cccc(F)c1F. The van der Waals surface area contributed by atoms with Gasteiger partial charge in [0.25, 0.3) is 0 Å². The van der Waals surface area contributed by atoms with Gasteiger partial charge in [0, 0.05) is 17.5 Å². The van der Waals surface area contributed by atoms with Crippen LogP contribution in [0.3, 0.4) is 0 Å². The highest BCUT2D eigenvalue weighted by Crippen LogP contribution is 2.34. The van der Waals surface area contributed by atoms with Gasteiger partial charge in [0.05, 0.1) is 0 Å². The summed E-state index contributed by atoms with van der Waals surface area (Å²) in [6.45, 7) is 2.05. The molecule has 0 amide bonds.